The summed E-state index contributed by atoms with van der Waals surface area (Å²) in [5, 5.41) is 11.2. The number of para-hydroxylation sites is 2. The summed E-state index contributed by atoms with van der Waals surface area (Å²) in [6, 6.07) is 94.9. The van der Waals surface area contributed by atoms with Crippen LogP contribution in [-0.2, 0) is 5.41 Å². The fourth-order valence-electron chi connectivity index (χ4n) is 12.3. The number of benzene rings is 12. The number of thiophene rings is 1. The molecule has 12 aromatic carbocycles. The standard InChI is InChI=1S/C67H42N2S/c1-3-21-45(22-4-1)68(62-39-43-19-7-9-25-49(43)51-27-11-13-30-55(51)62)47-35-37-54-53-29-15-17-33-59(53)67(60(54)41-47)61-42-48(36-38-57(61)65-58-32-16-18-34-64(58)70-66(65)67)69(46-23-5-2-6-24-46)63-40-44-20-8-10-26-50(44)52-28-12-14-31-56(52)63/h1-42H. The Morgan fingerprint density at radius 3 is 1.30 bits per heavy atom. The Labute approximate surface area is 410 Å². The summed E-state index contributed by atoms with van der Waals surface area (Å²) in [6.45, 7) is 0. The first-order valence-corrected chi connectivity index (χ1v) is 25.0. The molecule has 0 saturated carbocycles. The van der Waals surface area contributed by atoms with Crippen LogP contribution in [0.1, 0.15) is 21.6 Å². The normalized spacial score (nSPS) is 14.3. The molecule has 70 heavy (non-hydrogen) atoms. The maximum absolute atomic E-state index is 2.54. The van der Waals surface area contributed by atoms with Gasteiger partial charge in [-0.15, -0.1) is 11.3 Å². The predicted octanol–water partition coefficient (Wildman–Crippen LogP) is 18.8. The lowest BCUT2D eigenvalue weighted by Crippen LogP contribution is -2.26. The lowest BCUT2D eigenvalue weighted by Gasteiger charge is -2.33. The minimum atomic E-state index is -0.603. The second-order valence-electron chi connectivity index (χ2n) is 18.7. The van der Waals surface area contributed by atoms with Gasteiger partial charge < -0.3 is 9.80 Å². The number of hydrogen-bond acceptors (Lipinski definition) is 3. The molecule has 0 saturated heterocycles. The van der Waals surface area contributed by atoms with Gasteiger partial charge in [0.15, 0.2) is 0 Å². The van der Waals surface area contributed by atoms with Crippen molar-refractivity contribution < 1.29 is 0 Å². The number of anilines is 6. The zero-order valence-corrected chi connectivity index (χ0v) is 38.9. The molecule has 0 radical (unpaired) electrons. The van der Waals surface area contributed by atoms with E-state index in [-0.39, 0.29) is 0 Å². The summed E-state index contributed by atoms with van der Waals surface area (Å²) >= 11 is 1.96. The fourth-order valence-corrected chi connectivity index (χ4v) is 13.7. The van der Waals surface area contributed by atoms with Gasteiger partial charge in [-0.1, -0.05) is 188 Å². The third kappa shape index (κ3) is 5.49. The van der Waals surface area contributed by atoms with E-state index in [9.17, 15) is 0 Å². The van der Waals surface area contributed by atoms with Gasteiger partial charge in [0.1, 0.15) is 0 Å². The van der Waals surface area contributed by atoms with Crippen molar-refractivity contribution in [2.75, 3.05) is 9.80 Å². The van der Waals surface area contributed by atoms with Crippen molar-refractivity contribution in [3.63, 3.8) is 0 Å². The van der Waals surface area contributed by atoms with E-state index in [2.05, 4.69) is 265 Å². The Bertz CT molecular complexity index is 4270. The molecule has 13 aromatic rings. The molecule has 2 aliphatic carbocycles. The summed E-state index contributed by atoms with van der Waals surface area (Å²) in [6.07, 6.45) is 0. The Morgan fingerprint density at radius 1 is 0.286 bits per heavy atom. The van der Waals surface area contributed by atoms with Gasteiger partial charge in [-0.2, -0.15) is 0 Å². The molecule has 0 N–H and O–H groups in total. The lowest BCUT2D eigenvalue weighted by atomic mass is 9.73. The summed E-state index contributed by atoms with van der Waals surface area (Å²) < 4.78 is 1.31. The Balaban J connectivity index is 1.03. The highest BCUT2D eigenvalue weighted by molar-refractivity contribution is 7.20. The minimum Gasteiger partial charge on any atom is -0.310 e. The van der Waals surface area contributed by atoms with E-state index in [1.165, 1.54) is 97.0 Å². The first-order valence-electron chi connectivity index (χ1n) is 24.2. The van der Waals surface area contributed by atoms with Crippen molar-refractivity contribution in [3.8, 4) is 22.3 Å². The molecule has 1 spiro atoms. The first kappa shape index (κ1) is 39.3. The molecule has 326 valence electrons. The average molecular weight is 907 g/mol. The molecule has 1 unspecified atom stereocenters. The van der Waals surface area contributed by atoms with Gasteiger partial charge in [0.05, 0.1) is 16.8 Å². The third-order valence-electron chi connectivity index (χ3n) is 15.2. The third-order valence-corrected chi connectivity index (χ3v) is 16.5. The second kappa shape index (κ2) is 15.1. The van der Waals surface area contributed by atoms with Gasteiger partial charge in [0.25, 0.3) is 0 Å². The topological polar surface area (TPSA) is 6.48 Å². The van der Waals surface area contributed by atoms with Gasteiger partial charge in [-0.3, -0.25) is 0 Å². The SMILES string of the molecule is c1ccc(N(c2ccc3c(c2)C2(c4ccccc4-3)c3cc(N(c4ccccc4)c4cc5ccccc5c5ccccc45)ccc3-c3c2sc2ccccc32)c2cc3ccccc3c3ccccc23)cc1. The van der Waals surface area contributed by atoms with Crippen molar-refractivity contribution >= 4 is 98.6 Å². The van der Waals surface area contributed by atoms with E-state index in [1.54, 1.807) is 0 Å². The highest BCUT2D eigenvalue weighted by Crippen LogP contribution is 2.67. The quantitative estimate of drug-likeness (QED) is 0.153. The highest BCUT2D eigenvalue weighted by Gasteiger charge is 2.54. The Kier molecular flexibility index (Phi) is 8.48. The summed E-state index contributed by atoms with van der Waals surface area (Å²) in [5.41, 5.74) is 15.3. The second-order valence-corrected chi connectivity index (χ2v) is 19.8. The minimum absolute atomic E-state index is 0.603. The van der Waals surface area contributed by atoms with Gasteiger partial charge in [-0.05, 0) is 132 Å². The monoisotopic (exact) mass is 906 g/mol. The number of hydrogen-bond donors (Lipinski definition) is 0. The van der Waals surface area contributed by atoms with Crippen LogP contribution in [-0.4, -0.2) is 0 Å². The first-order chi connectivity index (χ1) is 34.7. The van der Waals surface area contributed by atoms with Gasteiger partial charge in [0.2, 0.25) is 0 Å². The summed E-state index contributed by atoms with van der Waals surface area (Å²) in [7, 11) is 0. The van der Waals surface area contributed by atoms with Crippen molar-refractivity contribution in [2.24, 2.45) is 0 Å². The molecule has 0 bridgehead atoms. The maximum Gasteiger partial charge on any atom is 0.0820 e. The summed E-state index contributed by atoms with van der Waals surface area (Å²) in [5.74, 6) is 0. The number of nitrogens with zero attached hydrogens (tertiary/aromatic N) is 2. The summed E-state index contributed by atoms with van der Waals surface area (Å²) in [4.78, 5) is 6.37. The number of rotatable bonds is 6. The zero-order chi connectivity index (χ0) is 45.9. The Morgan fingerprint density at radius 2 is 0.714 bits per heavy atom. The van der Waals surface area contributed by atoms with Gasteiger partial charge >= 0.3 is 0 Å². The van der Waals surface area contributed by atoms with Crippen molar-refractivity contribution in [1.29, 1.82) is 0 Å². The van der Waals surface area contributed by atoms with Crippen molar-refractivity contribution in [2.45, 2.75) is 5.41 Å². The van der Waals surface area contributed by atoms with E-state index in [1.807, 2.05) is 11.3 Å². The molecule has 2 aliphatic rings. The van der Waals surface area contributed by atoms with Crippen molar-refractivity contribution in [3.05, 3.63) is 276 Å². The number of fused-ring (bicyclic) bond motifs is 18. The molecule has 2 nitrogen and oxygen atoms in total. The lowest BCUT2D eigenvalue weighted by molar-refractivity contribution is 0.811. The highest BCUT2D eigenvalue weighted by atomic mass is 32.1. The van der Waals surface area contributed by atoms with Crippen LogP contribution in [0.25, 0.3) is 75.4 Å². The van der Waals surface area contributed by atoms with Crippen LogP contribution >= 0.6 is 11.3 Å². The van der Waals surface area contributed by atoms with Crippen LogP contribution in [0.4, 0.5) is 34.1 Å². The van der Waals surface area contributed by atoms with Gasteiger partial charge in [0, 0.05) is 54.0 Å². The van der Waals surface area contributed by atoms with Crippen LogP contribution in [0.5, 0.6) is 0 Å². The van der Waals surface area contributed by atoms with E-state index in [0.29, 0.717) is 0 Å². The maximum atomic E-state index is 2.54. The van der Waals surface area contributed by atoms with E-state index >= 15 is 0 Å². The van der Waals surface area contributed by atoms with Crippen LogP contribution in [0.3, 0.4) is 0 Å². The zero-order valence-electron chi connectivity index (χ0n) is 38.1. The predicted molar refractivity (Wildman–Crippen MR) is 298 cm³/mol. The average Bonchev–Trinajstić information content (AvgIpc) is 4.05. The molecular weight excluding hydrogens is 865 g/mol. The Hall–Kier alpha value is -8.76. The fraction of sp³-hybridized carbons (Fsp3) is 0.0149. The molecule has 1 aromatic heterocycles. The molecule has 1 heterocycles. The van der Waals surface area contributed by atoms with E-state index in [0.717, 1.165) is 34.1 Å². The molecule has 0 amide bonds. The van der Waals surface area contributed by atoms with Gasteiger partial charge in [-0.25, -0.2) is 0 Å². The molecule has 0 aliphatic heterocycles. The largest absolute Gasteiger partial charge is 0.310 e. The van der Waals surface area contributed by atoms with E-state index in [4.69, 9.17) is 0 Å². The van der Waals surface area contributed by atoms with E-state index < -0.39 is 5.41 Å². The molecule has 15 rings (SSSR count). The molecule has 0 fully saturated rings. The molecular formula is C67H42N2S. The smallest absolute Gasteiger partial charge is 0.0820 e. The van der Waals surface area contributed by atoms with Crippen LogP contribution < -0.4 is 9.80 Å². The molecule has 1 atom stereocenters. The molecule has 3 heteroatoms. The van der Waals surface area contributed by atoms with Crippen LogP contribution in [0.2, 0.25) is 0 Å². The van der Waals surface area contributed by atoms with Crippen LogP contribution in [0, 0.1) is 0 Å². The van der Waals surface area contributed by atoms with Crippen molar-refractivity contribution in [1.82, 2.24) is 0 Å². The van der Waals surface area contributed by atoms with Crippen LogP contribution in [0.15, 0.2) is 255 Å².